The molecule has 0 bridgehead atoms. The summed E-state index contributed by atoms with van der Waals surface area (Å²) in [5.74, 6) is 1.71. The lowest BCUT2D eigenvalue weighted by Crippen LogP contribution is -2.44. The maximum absolute atomic E-state index is 12.7. The average molecular weight is 388 g/mol. The molecule has 2 saturated heterocycles. The molecule has 4 rings (SSSR count). The van der Waals surface area contributed by atoms with E-state index in [4.69, 9.17) is 4.42 Å². The van der Waals surface area contributed by atoms with Crippen molar-refractivity contribution >= 4 is 23.2 Å². The first-order valence-corrected chi connectivity index (χ1v) is 10.6. The van der Waals surface area contributed by atoms with Crippen LogP contribution in [-0.4, -0.2) is 52.8 Å². The second-order valence-electron chi connectivity index (χ2n) is 7.36. The van der Waals surface area contributed by atoms with Crippen molar-refractivity contribution < 1.29 is 14.0 Å². The molecule has 2 fully saturated rings. The molecule has 0 aliphatic carbocycles. The minimum absolute atomic E-state index is 0.0659. The Bertz CT molecular complexity index is 801. The van der Waals surface area contributed by atoms with E-state index in [2.05, 4.69) is 4.98 Å². The molecule has 0 aromatic carbocycles. The van der Waals surface area contributed by atoms with Gasteiger partial charge in [0.05, 0.1) is 17.0 Å². The smallest absolute Gasteiger partial charge is 0.236 e. The Labute approximate surface area is 163 Å². The fraction of sp³-hybridized carbons (Fsp3) is 0.550. The highest BCUT2D eigenvalue weighted by atomic mass is 32.1. The molecule has 2 aromatic rings. The third kappa shape index (κ3) is 3.93. The number of rotatable bonds is 4. The van der Waals surface area contributed by atoms with Crippen molar-refractivity contribution in [3.8, 4) is 10.8 Å². The van der Waals surface area contributed by atoms with E-state index >= 15 is 0 Å². The number of carbonyl (C=O) groups excluding carboxylic acids is 2. The van der Waals surface area contributed by atoms with Crippen LogP contribution in [0.25, 0.3) is 10.8 Å². The standard InChI is InChI=1S/C20H25N3O3S/c1-14-16(21-19(26-14)17-5-4-12-27-17)13-18(24)22-10-6-15(7-11-22)20(25)23-8-2-3-9-23/h4-5,12,15H,2-3,6-11,13H2,1H3. The van der Waals surface area contributed by atoms with Crippen LogP contribution in [0.1, 0.15) is 37.1 Å². The Hall–Kier alpha value is -2.15. The monoisotopic (exact) mass is 387 g/mol. The molecule has 0 N–H and O–H groups in total. The molecule has 2 aliphatic rings. The van der Waals surface area contributed by atoms with E-state index in [0.717, 1.165) is 43.6 Å². The molecule has 27 heavy (non-hydrogen) atoms. The van der Waals surface area contributed by atoms with E-state index in [9.17, 15) is 9.59 Å². The van der Waals surface area contributed by atoms with Crippen molar-refractivity contribution in [3.63, 3.8) is 0 Å². The number of hydrogen-bond donors (Lipinski definition) is 0. The minimum atomic E-state index is 0.0659. The Balaban J connectivity index is 1.33. The Morgan fingerprint density at radius 1 is 1.19 bits per heavy atom. The van der Waals surface area contributed by atoms with Crippen LogP contribution in [0.3, 0.4) is 0 Å². The fourth-order valence-electron chi connectivity index (χ4n) is 3.92. The molecule has 0 unspecified atom stereocenters. The first-order chi connectivity index (χ1) is 13.1. The summed E-state index contributed by atoms with van der Waals surface area (Å²) in [5.41, 5.74) is 0.707. The van der Waals surface area contributed by atoms with Crippen molar-refractivity contribution in [2.45, 2.75) is 39.0 Å². The summed E-state index contributed by atoms with van der Waals surface area (Å²) in [5, 5.41) is 1.98. The molecule has 0 radical (unpaired) electrons. The van der Waals surface area contributed by atoms with Crippen LogP contribution in [-0.2, 0) is 16.0 Å². The molecular formula is C20H25N3O3S. The zero-order valence-electron chi connectivity index (χ0n) is 15.6. The van der Waals surface area contributed by atoms with Crippen molar-refractivity contribution in [1.29, 1.82) is 0 Å². The zero-order valence-corrected chi connectivity index (χ0v) is 16.5. The van der Waals surface area contributed by atoms with Gasteiger partial charge >= 0.3 is 0 Å². The van der Waals surface area contributed by atoms with Crippen LogP contribution >= 0.6 is 11.3 Å². The first-order valence-electron chi connectivity index (χ1n) is 9.68. The van der Waals surface area contributed by atoms with E-state index in [1.807, 2.05) is 34.2 Å². The lowest BCUT2D eigenvalue weighted by molar-refractivity contribution is -0.139. The summed E-state index contributed by atoms with van der Waals surface area (Å²) in [6.07, 6.45) is 4.02. The van der Waals surface area contributed by atoms with Crippen molar-refractivity contribution in [3.05, 3.63) is 29.0 Å². The van der Waals surface area contributed by atoms with Gasteiger partial charge in [0.15, 0.2) is 0 Å². The maximum Gasteiger partial charge on any atom is 0.236 e. The summed E-state index contributed by atoms with van der Waals surface area (Å²) >= 11 is 1.57. The highest BCUT2D eigenvalue weighted by Crippen LogP contribution is 2.27. The van der Waals surface area contributed by atoms with Gasteiger partial charge < -0.3 is 14.2 Å². The highest BCUT2D eigenvalue weighted by molar-refractivity contribution is 7.13. The summed E-state index contributed by atoms with van der Waals surface area (Å²) in [7, 11) is 0. The van der Waals surface area contributed by atoms with Crippen molar-refractivity contribution in [2.24, 2.45) is 5.92 Å². The van der Waals surface area contributed by atoms with Gasteiger partial charge in [-0.25, -0.2) is 4.98 Å². The lowest BCUT2D eigenvalue weighted by Gasteiger charge is -2.33. The molecule has 0 atom stereocenters. The second kappa shape index (κ2) is 7.84. The van der Waals surface area contributed by atoms with E-state index in [1.54, 1.807) is 11.3 Å². The van der Waals surface area contributed by atoms with Crippen LogP contribution in [0.4, 0.5) is 0 Å². The van der Waals surface area contributed by atoms with Gasteiger partial charge in [0, 0.05) is 32.1 Å². The predicted octanol–water partition coefficient (Wildman–Crippen LogP) is 3.12. The number of piperidine rings is 1. The number of hydrogen-bond acceptors (Lipinski definition) is 5. The third-order valence-electron chi connectivity index (χ3n) is 5.56. The quantitative estimate of drug-likeness (QED) is 0.808. The summed E-state index contributed by atoms with van der Waals surface area (Å²) < 4.78 is 5.73. The van der Waals surface area contributed by atoms with Gasteiger partial charge in [-0.15, -0.1) is 11.3 Å². The normalized spacial score (nSPS) is 18.3. The SMILES string of the molecule is Cc1oc(-c2cccs2)nc1CC(=O)N1CCC(C(=O)N2CCCC2)CC1. The minimum Gasteiger partial charge on any atom is -0.440 e. The highest BCUT2D eigenvalue weighted by Gasteiger charge is 2.31. The Kier molecular flexibility index (Phi) is 5.29. The number of aryl methyl sites for hydroxylation is 1. The van der Waals surface area contributed by atoms with E-state index in [-0.39, 0.29) is 24.2 Å². The van der Waals surface area contributed by atoms with Gasteiger partial charge in [-0.2, -0.15) is 0 Å². The number of carbonyl (C=O) groups is 2. The molecule has 4 heterocycles. The average Bonchev–Trinajstić information content (AvgIpc) is 3.44. The van der Waals surface area contributed by atoms with Gasteiger partial charge in [-0.3, -0.25) is 9.59 Å². The van der Waals surface area contributed by atoms with Gasteiger partial charge in [-0.1, -0.05) is 6.07 Å². The van der Waals surface area contributed by atoms with Crippen molar-refractivity contribution in [2.75, 3.05) is 26.2 Å². The lowest BCUT2D eigenvalue weighted by atomic mass is 9.95. The molecule has 2 aliphatic heterocycles. The van der Waals surface area contributed by atoms with Crippen LogP contribution in [0.2, 0.25) is 0 Å². The van der Waals surface area contributed by atoms with Crippen molar-refractivity contribution in [1.82, 2.24) is 14.8 Å². The Morgan fingerprint density at radius 3 is 2.59 bits per heavy atom. The number of oxazole rings is 1. The Morgan fingerprint density at radius 2 is 1.93 bits per heavy atom. The van der Waals surface area contributed by atoms with Gasteiger partial charge in [0.1, 0.15) is 5.76 Å². The first kappa shape index (κ1) is 18.2. The van der Waals surface area contributed by atoms with Gasteiger partial charge in [-0.05, 0) is 44.1 Å². The summed E-state index contributed by atoms with van der Waals surface area (Å²) in [6.45, 7) is 4.95. The largest absolute Gasteiger partial charge is 0.440 e. The van der Waals surface area contributed by atoms with E-state index in [1.165, 1.54) is 0 Å². The van der Waals surface area contributed by atoms with Gasteiger partial charge in [0.25, 0.3) is 0 Å². The van der Waals surface area contributed by atoms with E-state index < -0.39 is 0 Å². The van der Waals surface area contributed by atoms with Crippen LogP contribution in [0.15, 0.2) is 21.9 Å². The van der Waals surface area contributed by atoms with Gasteiger partial charge in [0.2, 0.25) is 17.7 Å². The summed E-state index contributed by atoms with van der Waals surface area (Å²) in [6, 6.07) is 3.92. The predicted molar refractivity (Wildman–Crippen MR) is 103 cm³/mol. The molecular weight excluding hydrogens is 362 g/mol. The van der Waals surface area contributed by atoms with Crippen LogP contribution in [0, 0.1) is 12.8 Å². The van der Waals surface area contributed by atoms with E-state index in [0.29, 0.717) is 30.4 Å². The molecule has 2 amide bonds. The number of aromatic nitrogens is 1. The number of thiophene rings is 1. The van der Waals surface area contributed by atoms with Crippen LogP contribution < -0.4 is 0 Å². The molecule has 144 valence electrons. The third-order valence-corrected chi connectivity index (χ3v) is 6.42. The summed E-state index contributed by atoms with van der Waals surface area (Å²) in [4.78, 5) is 34.6. The molecule has 6 nitrogen and oxygen atoms in total. The fourth-order valence-corrected chi connectivity index (χ4v) is 4.57. The van der Waals surface area contributed by atoms with Crippen LogP contribution in [0.5, 0.6) is 0 Å². The molecule has 2 aromatic heterocycles. The molecule has 0 saturated carbocycles. The molecule has 7 heteroatoms. The zero-order chi connectivity index (χ0) is 18.8. The topological polar surface area (TPSA) is 66.7 Å². The maximum atomic E-state index is 12.7. The number of nitrogens with zero attached hydrogens (tertiary/aromatic N) is 3. The molecule has 0 spiro atoms. The number of amides is 2. The number of likely N-dealkylation sites (tertiary alicyclic amines) is 2. The second-order valence-corrected chi connectivity index (χ2v) is 8.31.